The molecular formula is C11H14N2O3. The maximum atomic E-state index is 11.6. The largest absolute Gasteiger partial charge is 0.497 e. The fourth-order valence-corrected chi connectivity index (χ4v) is 1.48. The van der Waals surface area contributed by atoms with E-state index in [1.54, 1.807) is 31.4 Å². The topological polar surface area (TPSA) is 59.6 Å². The summed E-state index contributed by atoms with van der Waals surface area (Å²) >= 11 is 0. The Bertz CT molecular complexity index is 358. The molecule has 0 aliphatic carbocycles. The lowest BCUT2D eigenvalue weighted by molar-refractivity contribution is -0.136. The summed E-state index contributed by atoms with van der Waals surface area (Å²) in [6.07, 6.45) is 0. The van der Waals surface area contributed by atoms with Gasteiger partial charge in [0.1, 0.15) is 17.5 Å². The summed E-state index contributed by atoms with van der Waals surface area (Å²) in [6.45, 7) is 1.25. The highest BCUT2D eigenvalue weighted by atomic mass is 16.5. The minimum atomic E-state index is -0.268. The van der Waals surface area contributed by atoms with E-state index in [2.05, 4.69) is 10.6 Å². The number of benzene rings is 1. The predicted molar refractivity (Wildman–Crippen MR) is 58.4 cm³/mol. The lowest BCUT2D eigenvalue weighted by Gasteiger charge is -2.09. The van der Waals surface area contributed by atoms with Crippen molar-refractivity contribution in [3.05, 3.63) is 24.3 Å². The lowest BCUT2D eigenvalue weighted by atomic mass is 10.3. The van der Waals surface area contributed by atoms with Crippen LogP contribution in [-0.4, -0.2) is 32.3 Å². The van der Waals surface area contributed by atoms with Crippen molar-refractivity contribution in [2.24, 2.45) is 0 Å². The van der Waals surface area contributed by atoms with E-state index in [9.17, 15) is 4.79 Å². The Morgan fingerprint density at radius 2 is 2.00 bits per heavy atom. The van der Waals surface area contributed by atoms with Crippen LogP contribution in [-0.2, 0) is 4.79 Å². The molecule has 1 aliphatic heterocycles. The summed E-state index contributed by atoms with van der Waals surface area (Å²) in [6, 6.07) is 6.66. The van der Waals surface area contributed by atoms with Crippen molar-refractivity contribution in [3.8, 4) is 11.5 Å². The molecule has 1 aliphatic rings. The van der Waals surface area contributed by atoms with Crippen molar-refractivity contribution in [2.45, 2.75) is 6.04 Å². The molecule has 0 spiro atoms. The van der Waals surface area contributed by atoms with Crippen molar-refractivity contribution in [3.63, 3.8) is 0 Å². The minimum absolute atomic E-state index is 0.262. The summed E-state index contributed by atoms with van der Waals surface area (Å²) in [5.41, 5.74) is 0. The number of carbonyl (C=O) groups is 1. The Morgan fingerprint density at radius 3 is 2.56 bits per heavy atom. The summed E-state index contributed by atoms with van der Waals surface area (Å²) in [7, 11) is 1.59. The molecule has 1 aromatic carbocycles. The Balaban J connectivity index is 1.94. The second-order valence-corrected chi connectivity index (χ2v) is 3.48. The first-order valence-electron chi connectivity index (χ1n) is 5.09. The summed E-state index contributed by atoms with van der Waals surface area (Å²) in [5, 5.41) is 6.01. The molecule has 1 aromatic rings. The molecule has 0 radical (unpaired) electrons. The van der Waals surface area contributed by atoms with E-state index < -0.39 is 0 Å². The van der Waals surface area contributed by atoms with Gasteiger partial charge in [-0.15, -0.1) is 0 Å². The number of hydrogen-bond donors (Lipinski definition) is 2. The molecular weight excluding hydrogens is 208 g/mol. The van der Waals surface area contributed by atoms with Crippen molar-refractivity contribution < 1.29 is 14.3 Å². The Hall–Kier alpha value is -1.59. The predicted octanol–water partition coefficient (Wildman–Crippen LogP) is 0.119. The highest BCUT2D eigenvalue weighted by molar-refractivity contribution is 5.78. The molecule has 86 valence electrons. The Morgan fingerprint density at radius 1 is 1.31 bits per heavy atom. The standard InChI is InChI=1S/C11H14N2O3/c1-15-8-2-4-9(5-3-8)16-11(14)10-6-12-7-13-10/h2-5,10,12-13H,6-7H2,1H3. The van der Waals surface area contributed by atoms with Crippen LogP contribution in [0, 0.1) is 0 Å². The molecule has 16 heavy (non-hydrogen) atoms. The molecule has 1 saturated heterocycles. The number of esters is 1. The van der Waals surface area contributed by atoms with Gasteiger partial charge in [-0.25, -0.2) is 4.79 Å². The molecule has 1 heterocycles. The Labute approximate surface area is 93.7 Å². The third-order valence-electron chi connectivity index (χ3n) is 2.38. The molecule has 2 rings (SSSR count). The number of ether oxygens (including phenoxy) is 2. The van der Waals surface area contributed by atoms with Gasteiger partial charge in [-0.2, -0.15) is 0 Å². The highest BCUT2D eigenvalue weighted by Crippen LogP contribution is 2.17. The quantitative estimate of drug-likeness (QED) is 0.562. The summed E-state index contributed by atoms with van der Waals surface area (Å²) in [4.78, 5) is 11.6. The van der Waals surface area contributed by atoms with Gasteiger partial charge in [-0.3, -0.25) is 5.32 Å². The smallest absolute Gasteiger partial charge is 0.329 e. The zero-order valence-electron chi connectivity index (χ0n) is 9.03. The first kappa shape index (κ1) is 10.9. The van der Waals surface area contributed by atoms with Gasteiger partial charge in [-0.1, -0.05) is 0 Å². The van der Waals surface area contributed by atoms with E-state index in [1.165, 1.54) is 0 Å². The Kier molecular flexibility index (Phi) is 3.38. The monoisotopic (exact) mass is 222 g/mol. The maximum Gasteiger partial charge on any atom is 0.329 e. The maximum absolute atomic E-state index is 11.6. The van der Waals surface area contributed by atoms with Crippen LogP contribution in [0.3, 0.4) is 0 Å². The van der Waals surface area contributed by atoms with Crippen molar-refractivity contribution >= 4 is 5.97 Å². The number of nitrogens with one attached hydrogen (secondary N) is 2. The van der Waals surface area contributed by atoms with Crippen molar-refractivity contribution in [1.82, 2.24) is 10.6 Å². The van der Waals surface area contributed by atoms with Crippen LogP contribution in [0.15, 0.2) is 24.3 Å². The van der Waals surface area contributed by atoms with Gasteiger partial charge >= 0.3 is 5.97 Å². The fraction of sp³-hybridized carbons (Fsp3) is 0.364. The van der Waals surface area contributed by atoms with E-state index in [0.717, 1.165) is 5.75 Å². The molecule has 0 amide bonds. The van der Waals surface area contributed by atoms with Crippen LogP contribution >= 0.6 is 0 Å². The van der Waals surface area contributed by atoms with E-state index in [0.29, 0.717) is 19.0 Å². The zero-order chi connectivity index (χ0) is 11.4. The van der Waals surface area contributed by atoms with Gasteiger partial charge in [0.25, 0.3) is 0 Å². The second kappa shape index (κ2) is 4.96. The minimum Gasteiger partial charge on any atom is -0.497 e. The van der Waals surface area contributed by atoms with Gasteiger partial charge in [0.2, 0.25) is 0 Å². The van der Waals surface area contributed by atoms with Gasteiger partial charge in [0.15, 0.2) is 0 Å². The van der Waals surface area contributed by atoms with Gasteiger partial charge in [-0.05, 0) is 24.3 Å². The fourth-order valence-electron chi connectivity index (χ4n) is 1.48. The SMILES string of the molecule is COc1ccc(OC(=O)C2CNCN2)cc1. The summed E-state index contributed by atoms with van der Waals surface area (Å²) in [5.74, 6) is 0.995. The van der Waals surface area contributed by atoms with Crippen LogP contribution in [0.25, 0.3) is 0 Å². The molecule has 1 atom stereocenters. The molecule has 1 fully saturated rings. The van der Waals surface area contributed by atoms with E-state index >= 15 is 0 Å². The van der Waals surface area contributed by atoms with E-state index in [4.69, 9.17) is 9.47 Å². The van der Waals surface area contributed by atoms with Crippen molar-refractivity contribution in [2.75, 3.05) is 20.3 Å². The molecule has 0 aromatic heterocycles. The third-order valence-corrected chi connectivity index (χ3v) is 2.38. The average Bonchev–Trinajstić information content (AvgIpc) is 2.83. The van der Waals surface area contributed by atoms with Crippen LogP contribution < -0.4 is 20.1 Å². The molecule has 1 unspecified atom stereocenters. The second-order valence-electron chi connectivity index (χ2n) is 3.48. The number of methoxy groups -OCH3 is 1. The van der Waals surface area contributed by atoms with E-state index in [1.807, 2.05) is 0 Å². The molecule has 0 saturated carbocycles. The van der Waals surface area contributed by atoms with Gasteiger partial charge in [0, 0.05) is 13.2 Å². The molecule has 5 heteroatoms. The number of rotatable bonds is 3. The van der Waals surface area contributed by atoms with Crippen molar-refractivity contribution in [1.29, 1.82) is 0 Å². The van der Waals surface area contributed by atoms with Gasteiger partial charge < -0.3 is 14.8 Å². The van der Waals surface area contributed by atoms with Crippen LogP contribution in [0.4, 0.5) is 0 Å². The highest BCUT2D eigenvalue weighted by Gasteiger charge is 2.23. The van der Waals surface area contributed by atoms with Crippen LogP contribution in [0.2, 0.25) is 0 Å². The summed E-state index contributed by atoms with van der Waals surface area (Å²) < 4.78 is 10.2. The third kappa shape index (κ3) is 2.50. The van der Waals surface area contributed by atoms with Crippen LogP contribution in [0.5, 0.6) is 11.5 Å². The normalized spacial score (nSPS) is 19.4. The van der Waals surface area contributed by atoms with Crippen LogP contribution in [0.1, 0.15) is 0 Å². The molecule has 2 N–H and O–H groups in total. The number of hydrogen-bond acceptors (Lipinski definition) is 5. The van der Waals surface area contributed by atoms with E-state index in [-0.39, 0.29) is 12.0 Å². The first-order valence-corrected chi connectivity index (χ1v) is 5.09. The zero-order valence-corrected chi connectivity index (χ0v) is 9.03. The molecule has 5 nitrogen and oxygen atoms in total. The number of carbonyl (C=O) groups excluding carboxylic acids is 1. The molecule has 0 bridgehead atoms. The average molecular weight is 222 g/mol. The first-order chi connectivity index (χ1) is 7.79. The van der Waals surface area contributed by atoms with Gasteiger partial charge in [0.05, 0.1) is 7.11 Å². The lowest BCUT2D eigenvalue weighted by Crippen LogP contribution is -2.36.